The van der Waals surface area contributed by atoms with E-state index in [0.29, 0.717) is 23.3 Å². The standard InChI is InChI=1S/C22H20N4O2/c23-11-14-26-21(24-20-4-2-1-3-19(20)22(26)28)15-25-12-9-17(10-13-25)16-5-7-18(27)8-6-16/h1-9,27H,10,12-15H2. The summed E-state index contributed by atoms with van der Waals surface area (Å²) in [5, 5.41) is 19.1. The first-order valence-corrected chi connectivity index (χ1v) is 9.22. The number of phenols is 1. The van der Waals surface area contributed by atoms with Crippen molar-refractivity contribution in [1.82, 2.24) is 14.5 Å². The van der Waals surface area contributed by atoms with Crippen LogP contribution < -0.4 is 5.56 Å². The summed E-state index contributed by atoms with van der Waals surface area (Å²) in [4.78, 5) is 19.6. The molecule has 6 heteroatoms. The Kier molecular flexibility index (Phi) is 4.92. The molecule has 140 valence electrons. The van der Waals surface area contributed by atoms with Gasteiger partial charge in [-0.1, -0.05) is 30.3 Å². The van der Waals surface area contributed by atoms with Crippen molar-refractivity contribution in [1.29, 1.82) is 5.26 Å². The quantitative estimate of drug-likeness (QED) is 0.761. The average molecular weight is 372 g/mol. The molecule has 0 radical (unpaired) electrons. The number of hydrogen-bond donors (Lipinski definition) is 1. The van der Waals surface area contributed by atoms with Crippen molar-refractivity contribution in [2.75, 3.05) is 13.1 Å². The van der Waals surface area contributed by atoms with Crippen LogP contribution in [0.25, 0.3) is 16.5 Å². The second-order valence-electron chi connectivity index (χ2n) is 6.86. The van der Waals surface area contributed by atoms with E-state index in [1.807, 2.05) is 30.3 Å². The molecule has 2 aromatic carbocycles. The Morgan fingerprint density at radius 2 is 1.93 bits per heavy atom. The van der Waals surface area contributed by atoms with Gasteiger partial charge < -0.3 is 5.11 Å². The van der Waals surface area contributed by atoms with Crippen LogP contribution in [0.5, 0.6) is 5.75 Å². The summed E-state index contributed by atoms with van der Waals surface area (Å²) >= 11 is 0. The Hall–Kier alpha value is -3.43. The highest BCUT2D eigenvalue weighted by atomic mass is 16.3. The van der Waals surface area contributed by atoms with E-state index in [2.05, 4.69) is 22.0 Å². The van der Waals surface area contributed by atoms with Gasteiger partial charge in [-0.2, -0.15) is 5.26 Å². The molecule has 28 heavy (non-hydrogen) atoms. The minimum Gasteiger partial charge on any atom is -0.508 e. The molecular weight excluding hydrogens is 352 g/mol. The van der Waals surface area contributed by atoms with E-state index in [-0.39, 0.29) is 17.9 Å². The third kappa shape index (κ3) is 3.53. The lowest BCUT2D eigenvalue weighted by molar-refractivity contribution is 0.281. The lowest BCUT2D eigenvalue weighted by atomic mass is 9.99. The van der Waals surface area contributed by atoms with Crippen LogP contribution >= 0.6 is 0 Å². The predicted octanol–water partition coefficient (Wildman–Crippen LogP) is 2.91. The Morgan fingerprint density at radius 3 is 2.64 bits per heavy atom. The maximum atomic E-state index is 12.8. The van der Waals surface area contributed by atoms with Gasteiger partial charge in [-0.3, -0.25) is 14.3 Å². The summed E-state index contributed by atoms with van der Waals surface area (Å²) in [5.74, 6) is 0.881. The van der Waals surface area contributed by atoms with Crippen molar-refractivity contribution in [2.45, 2.75) is 19.5 Å². The highest BCUT2D eigenvalue weighted by molar-refractivity contribution is 5.77. The fourth-order valence-electron chi connectivity index (χ4n) is 3.56. The minimum atomic E-state index is -0.167. The van der Waals surface area contributed by atoms with E-state index < -0.39 is 0 Å². The number of aromatic hydroxyl groups is 1. The molecule has 0 spiro atoms. The molecule has 6 nitrogen and oxygen atoms in total. The molecule has 1 aliphatic rings. The maximum absolute atomic E-state index is 12.8. The van der Waals surface area contributed by atoms with Crippen molar-refractivity contribution in [3.8, 4) is 11.8 Å². The van der Waals surface area contributed by atoms with E-state index in [1.165, 1.54) is 10.1 Å². The summed E-state index contributed by atoms with van der Waals surface area (Å²) in [6, 6.07) is 16.6. The molecule has 0 saturated heterocycles. The fourth-order valence-corrected chi connectivity index (χ4v) is 3.56. The van der Waals surface area contributed by atoms with Gasteiger partial charge in [0, 0.05) is 13.1 Å². The van der Waals surface area contributed by atoms with Crippen LogP contribution in [0.15, 0.2) is 59.4 Å². The number of fused-ring (bicyclic) bond motifs is 1. The Balaban J connectivity index is 1.59. The summed E-state index contributed by atoms with van der Waals surface area (Å²) in [5.41, 5.74) is 2.85. The summed E-state index contributed by atoms with van der Waals surface area (Å²) < 4.78 is 1.47. The number of rotatable bonds is 4. The van der Waals surface area contributed by atoms with Crippen LogP contribution in [0, 0.1) is 11.3 Å². The maximum Gasteiger partial charge on any atom is 0.262 e. The second kappa shape index (κ2) is 7.67. The van der Waals surface area contributed by atoms with Crippen LogP contribution in [0.2, 0.25) is 0 Å². The molecule has 2 heterocycles. The molecule has 1 aromatic heterocycles. The van der Waals surface area contributed by atoms with Crippen LogP contribution in [0.3, 0.4) is 0 Å². The van der Waals surface area contributed by atoms with Gasteiger partial charge in [0.05, 0.1) is 23.5 Å². The third-order valence-corrected chi connectivity index (χ3v) is 5.07. The first-order chi connectivity index (χ1) is 13.7. The van der Waals surface area contributed by atoms with E-state index in [4.69, 9.17) is 5.26 Å². The van der Waals surface area contributed by atoms with Gasteiger partial charge in [-0.05, 0) is 41.8 Å². The Morgan fingerprint density at radius 1 is 1.14 bits per heavy atom. The van der Waals surface area contributed by atoms with Gasteiger partial charge in [0.2, 0.25) is 0 Å². The smallest absolute Gasteiger partial charge is 0.262 e. The monoisotopic (exact) mass is 372 g/mol. The minimum absolute atomic E-state index is 0.00552. The van der Waals surface area contributed by atoms with E-state index in [1.54, 1.807) is 18.2 Å². The van der Waals surface area contributed by atoms with E-state index >= 15 is 0 Å². The zero-order valence-corrected chi connectivity index (χ0v) is 15.4. The highest BCUT2D eigenvalue weighted by Crippen LogP contribution is 2.24. The first-order valence-electron chi connectivity index (χ1n) is 9.22. The number of nitrogens with zero attached hydrogens (tertiary/aromatic N) is 4. The molecule has 0 unspecified atom stereocenters. The van der Waals surface area contributed by atoms with Gasteiger partial charge in [0.15, 0.2) is 0 Å². The highest BCUT2D eigenvalue weighted by Gasteiger charge is 2.17. The van der Waals surface area contributed by atoms with Crippen LogP contribution in [-0.4, -0.2) is 32.6 Å². The molecule has 0 aliphatic carbocycles. The lowest BCUT2D eigenvalue weighted by Crippen LogP contribution is -2.33. The zero-order chi connectivity index (χ0) is 19.5. The van der Waals surface area contributed by atoms with Crippen LogP contribution in [0.4, 0.5) is 0 Å². The molecule has 1 N–H and O–H groups in total. The molecule has 0 bridgehead atoms. The molecular formula is C22H20N4O2. The van der Waals surface area contributed by atoms with Gasteiger partial charge >= 0.3 is 0 Å². The number of nitriles is 1. The average Bonchev–Trinajstić information content (AvgIpc) is 2.72. The lowest BCUT2D eigenvalue weighted by Gasteiger charge is -2.27. The van der Waals surface area contributed by atoms with Gasteiger partial charge in [0.25, 0.3) is 5.56 Å². The van der Waals surface area contributed by atoms with Crippen molar-refractivity contribution in [2.24, 2.45) is 0 Å². The number of para-hydroxylation sites is 1. The number of benzene rings is 2. The van der Waals surface area contributed by atoms with Crippen LogP contribution in [0.1, 0.15) is 17.8 Å². The molecule has 4 rings (SSSR count). The summed E-state index contributed by atoms with van der Waals surface area (Å²) in [6.45, 7) is 2.09. The predicted molar refractivity (Wildman–Crippen MR) is 108 cm³/mol. The fraction of sp³-hybridized carbons (Fsp3) is 0.227. The summed E-state index contributed by atoms with van der Waals surface area (Å²) in [7, 11) is 0. The SMILES string of the molecule is N#CCn1c(CN2CC=C(c3ccc(O)cc3)CC2)nc2ccccc2c1=O. The first kappa shape index (κ1) is 18.0. The summed E-state index contributed by atoms with van der Waals surface area (Å²) in [6.07, 6.45) is 3.05. The van der Waals surface area contributed by atoms with Gasteiger partial charge in [-0.15, -0.1) is 0 Å². The van der Waals surface area contributed by atoms with Crippen molar-refractivity contribution in [3.63, 3.8) is 0 Å². The molecule has 0 amide bonds. The van der Waals surface area contributed by atoms with Gasteiger partial charge in [0.1, 0.15) is 18.1 Å². The van der Waals surface area contributed by atoms with Gasteiger partial charge in [-0.25, -0.2) is 4.98 Å². The second-order valence-corrected chi connectivity index (χ2v) is 6.86. The van der Waals surface area contributed by atoms with Crippen molar-refractivity contribution in [3.05, 3.63) is 76.3 Å². The van der Waals surface area contributed by atoms with Crippen LogP contribution in [-0.2, 0) is 13.1 Å². The Bertz CT molecular complexity index is 1140. The van der Waals surface area contributed by atoms with E-state index in [0.717, 1.165) is 25.1 Å². The number of aromatic nitrogens is 2. The van der Waals surface area contributed by atoms with Crippen molar-refractivity contribution < 1.29 is 5.11 Å². The van der Waals surface area contributed by atoms with E-state index in [9.17, 15) is 9.90 Å². The largest absolute Gasteiger partial charge is 0.508 e. The van der Waals surface area contributed by atoms with Crippen molar-refractivity contribution >= 4 is 16.5 Å². The topological polar surface area (TPSA) is 82.2 Å². The molecule has 1 aliphatic heterocycles. The normalized spacial score (nSPS) is 14.6. The molecule has 0 saturated carbocycles. The third-order valence-electron chi connectivity index (χ3n) is 5.07. The Labute approximate surface area is 162 Å². The molecule has 0 atom stereocenters. The number of phenolic OH excluding ortho intramolecular Hbond substituents is 1. The molecule has 3 aromatic rings. The molecule has 0 fully saturated rings. The zero-order valence-electron chi connectivity index (χ0n) is 15.4. The number of hydrogen-bond acceptors (Lipinski definition) is 5.